The first kappa shape index (κ1) is 28.6. The molecular weight excluding hydrogens is 545 g/mol. The number of aliphatic hydroxyl groups excluding tert-OH is 1. The summed E-state index contributed by atoms with van der Waals surface area (Å²) in [5, 5.41) is 19.4. The molecule has 182 valence electrons. The molecule has 1 amide bonds. The molecule has 7 nitrogen and oxygen atoms in total. The van der Waals surface area contributed by atoms with Crippen LogP contribution in [0.2, 0.25) is 0 Å². The number of anilines is 1. The fourth-order valence-corrected chi connectivity index (χ4v) is 2.67. The minimum absolute atomic E-state index is 0. The molecule has 2 aromatic carbocycles. The number of nitrogens with zero attached hydrogens (tertiary/aromatic N) is 1. The number of nitrogens with one attached hydrogen (secondary N) is 3. The smallest absolute Gasteiger partial charge is 0.387 e. The number of rotatable bonds is 10. The number of hydrogen-bond acceptors (Lipinski definition) is 4. The summed E-state index contributed by atoms with van der Waals surface area (Å²) in [5.74, 6) is 0.437. The van der Waals surface area contributed by atoms with Gasteiger partial charge < -0.3 is 25.8 Å². The fourth-order valence-electron chi connectivity index (χ4n) is 2.67. The molecule has 0 heterocycles. The van der Waals surface area contributed by atoms with Crippen molar-refractivity contribution >= 4 is 41.5 Å². The van der Waals surface area contributed by atoms with Crippen molar-refractivity contribution in [2.75, 3.05) is 18.4 Å². The van der Waals surface area contributed by atoms with Crippen LogP contribution >= 0.6 is 24.0 Å². The van der Waals surface area contributed by atoms with Crippen molar-refractivity contribution in [2.24, 2.45) is 10.9 Å². The average Bonchev–Trinajstić information content (AvgIpc) is 2.76. The SMILES string of the molecule is CCNC(=NCc1ccc(NC(=O)C(C)C)cc1)NCC(O)c1ccc(OC(F)F)cc1.I. The third-order valence-electron chi connectivity index (χ3n) is 4.46. The summed E-state index contributed by atoms with van der Waals surface area (Å²) >= 11 is 0. The minimum Gasteiger partial charge on any atom is -0.435 e. The van der Waals surface area contributed by atoms with Crippen LogP contribution in [0.1, 0.15) is 38.0 Å². The summed E-state index contributed by atoms with van der Waals surface area (Å²) in [6.07, 6.45) is -0.858. The molecule has 1 unspecified atom stereocenters. The van der Waals surface area contributed by atoms with Gasteiger partial charge in [0, 0.05) is 24.7 Å². The third-order valence-corrected chi connectivity index (χ3v) is 4.46. The summed E-state index contributed by atoms with van der Waals surface area (Å²) in [6.45, 7) is 3.94. The van der Waals surface area contributed by atoms with Gasteiger partial charge in [-0.05, 0) is 42.3 Å². The first-order valence-electron chi connectivity index (χ1n) is 10.4. The molecule has 4 N–H and O–H groups in total. The Morgan fingerprint density at radius 2 is 1.70 bits per heavy atom. The van der Waals surface area contributed by atoms with Crippen LogP contribution in [0.4, 0.5) is 14.5 Å². The molecule has 0 spiro atoms. The number of benzene rings is 2. The van der Waals surface area contributed by atoms with Crippen LogP contribution in [0.3, 0.4) is 0 Å². The summed E-state index contributed by atoms with van der Waals surface area (Å²) in [6, 6.07) is 13.3. The maximum atomic E-state index is 12.2. The number of hydrogen-bond donors (Lipinski definition) is 4. The molecule has 1 atom stereocenters. The second-order valence-electron chi connectivity index (χ2n) is 7.38. The summed E-state index contributed by atoms with van der Waals surface area (Å²) in [4.78, 5) is 16.3. The van der Waals surface area contributed by atoms with E-state index >= 15 is 0 Å². The van der Waals surface area contributed by atoms with E-state index in [-0.39, 0.29) is 48.1 Å². The Bertz CT molecular complexity index is 878. The predicted octanol–water partition coefficient (Wildman–Crippen LogP) is 4.29. The maximum Gasteiger partial charge on any atom is 0.387 e. The zero-order valence-electron chi connectivity index (χ0n) is 18.8. The predicted molar refractivity (Wildman–Crippen MR) is 136 cm³/mol. The van der Waals surface area contributed by atoms with Crippen molar-refractivity contribution in [3.05, 3.63) is 59.7 Å². The van der Waals surface area contributed by atoms with E-state index < -0.39 is 12.7 Å². The van der Waals surface area contributed by atoms with E-state index in [0.29, 0.717) is 24.6 Å². The Hall–Kier alpha value is -2.47. The highest BCUT2D eigenvalue weighted by Crippen LogP contribution is 2.19. The van der Waals surface area contributed by atoms with Gasteiger partial charge in [0.25, 0.3) is 0 Å². The Morgan fingerprint density at radius 3 is 2.24 bits per heavy atom. The lowest BCUT2D eigenvalue weighted by Gasteiger charge is -2.16. The first-order valence-corrected chi connectivity index (χ1v) is 10.4. The number of amides is 1. The van der Waals surface area contributed by atoms with Crippen LogP contribution in [0.25, 0.3) is 0 Å². The van der Waals surface area contributed by atoms with E-state index in [0.717, 1.165) is 11.3 Å². The molecule has 0 aliphatic heterocycles. The molecule has 2 aromatic rings. The van der Waals surface area contributed by atoms with Crippen LogP contribution in [0.15, 0.2) is 53.5 Å². The van der Waals surface area contributed by atoms with Crippen molar-refractivity contribution in [3.8, 4) is 5.75 Å². The minimum atomic E-state index is -2.89. The van der Waals surface area contributed by atoms with E-state index in [4.69, 9.17) is 0 Å². The zero-order valence-corrected chi connectivity index (χ0v) is 21.2. The van der Waals surface area contributed by atoms with Crippen LogP contribution in [0, 0.1) is 5.92 Å². The summed E-state index contributed by atoms with van der Waals surface area (Å²) in [7, 11) is 0. The molecule has 0 radical (unpaired) electrons. The average molecular weight is 576 g/mol. The van der Waals surface area contributed by atoms with Gasteiger partial charge in [0.05, 0.1) is 12.6 Å². The van der Waals surface area contributed by atoms with Gasteiger partial charge in [0.2, 0.25) is 5.91 Å². The van der Waals surface area contributed by atoms with Gasteiger partial charge in [0.15, 0.2) is 5.96 Å². The number of guanidine groups is 1. The Labute approximate surface area is 210 Å². The van der Waals surface area contributed by atoms with Crippen molar-refractivity contribution in [2.45, 2.75) is 40.0 Å². The lowest BCUT2D eigenvalue weighted by Crippen LogP contribution is -2.39. The van der Waals surface area contributed by atoms with Gasteiger partial charge >= 0.3 is 6.61 Å². The number of aliphatic hydroxyl groups is 1. The highest BCUT2D eigenvalue weighted by atomic mass is 127. The fraction of sp³-hybridized carbons (Fsp3) is 0.391. The van der Waals surface area contributed by atoms with Crippen molar-refractivity contribution in [1.82, 2.24) is 10.6 Å². The van der Waals surface area contributed by atoms with Crippen molar-refractivity contribution in [1.29, 1.82) is 0 Å². The van der Waals surface area contributed by atoms with E-state index in [1.54, 1.807) is 0 Å². The molecule has 0 fully saturated rings. The van der Waals surface area contributed by atoms with Gasteiger partial charge in [-0.15, -0.1) is 24.0 Å². The van der Waals surface area contributed by atoms with Gasteiger partial charge in [-0.25, -0.2) is 4.99 Å². The van der Waals surface area contributed by atoms with Crippen molar-refractivity contribution in [3.63, 3.8) is 0 Å². The number of alkyl halides is 2. The van der Waals surface area contributed by atoms with E-state index in [9.17, 15) is 18.7 Å². The third kappa shape index (κ3) is 10.3. The Balaban J connectivity index is 0.00000544. The quantitative estimate of drug-likeness (QED) is 0.193. The largest absolute Gasteiger partial charge is 0.435 e. The maximum absolute atomic E-state index is 12.2. The van der Waals surface area contributed by atoms with Crippen LogP contribution in [-0.4, -0.2) is 36.7 Å². The highest BCUT2D eigenvalue weighted by molar-refractivity contribution is 14.0. The molecule has 0 bridgehead atoms. The highest BCUT2D eigenvalue weighted by Gasteiger charge is 2.11. The zero-order chi connectivity index (χ0) is 23.5. The van der Waals surface area contributed by atoms with Crippen LogP contribution in [0.5, 0.6) is 5.75 Å². The second kappa shape index (κ2) is 14.6. The lowest BCUT2D eigenvalue weighted by molar-refractivity contribution is -0.118. The molecule has 0 aromatic heterocycles. The van der Waals surface area contributed by atoms with Gasteiger partial charge in [-0.2, -0.15) is 8.78 Å². The molecule has 10 heteroatoms. The van der Waals surface area contributed by atoms with E-state index in [1.807, 2.05) is 45.0 Å². The second-order valence-corrected chi connectivity index (χ2v) is 7.38. The molecular formula is C23H31F2IN4O3. The Kier molecular flexibility index (Phi) is 12.7. The topological polar surface area (TPSA) is 95.0 Å². The van der Waals surface area contributed by atoms with Crippen LogP contribution < -0.4 is 20.7 Å². The molecule has 0 saturated heterocycles. The Morgan fingerprint density at radius 1 is 1.06 bits per heavy atom. The molecule has 0 aliphatic carbocycles. The number of carbonyl (C=O) groups excluding carboxylic acids is 1. The lowest BCUT2D eigenvalue weighted by atomic mass is 10.1. The first-order chi connectivity index (χ1) is 15.3. The molecule has 2 rings (SSSR count). The standard InChI is InChI=1S/C23H30F2N4O3.HI/c1-4-26-23(27-13-16-5-9-18(10-6-16)29-21(31)15(2)3)28-14-20(30)17-7-11-19(12-8-17)32-22(24)25;/h5-12,15,20,22,30H,4,13-14H2,1-3H3,(H,29,31)(H2,26,27,28);1H. The monoisotopic (exact) mass is 576 g/mol. The van der Waals surface area contributed by atoms with Crippen LogP contribution in [-0.2, 0) is 11.3 Å². The van der Waals surface area contributed by atoms with E-state index in [1.165, 1.54) is 24.3 Å². The van der Waals surface area contributed by atoms with Gasteiger partial charge in [0.1, 0.15) is 5.75 Å². The molecule has 0 saturated carbocycles. The normalized spacial score (nSPS) is 12.2. The van der Waals surface area contributed by atoms with Gasteiger partial charge in [-0.3, -0.25) is 4.79 Å². The summed E-state index contributed by atoms with van der Waals surface area (Å²) in [5.41, 5.74) is 2.25. The molecule has 33 heavy (non-hydrogen) atoms. The number of aliphatic imine (C=N–C) groups is 1. The van der Waals surface area contributed by atoms with Gasteiger partial charge in [-0.1, -0.05) is 38.1 Å². The number of halogens is 3. The van der Waals surface area contributed by atoms with Crippen molar-refractivity contribution < 1.29 is 23.4 Å². The number of ether oxygens (including phenoxy) is 1. The summed E-state index contributed by atoms with van der Waals surface area (Å²) < 4.78 is 28.8. The van der Waals surface area contributed by atoms with E-state index in [2.05, 4.69) is 25.7 Å². The molecule has 0 aliphatic rings. The number of carbonyl (C=O) groups is 1.